The minimum Gasteiger partial charge on any atom is -0.296 e. The molecule has 0 radical (unpaired) electrons. The van der Waals surface area contributed by atoms with Gasteiger partial charge in [-0.05, 0) is 17.4 Å². The van der Waals surface area contributed by atoms with Crippen LogP contribution in [-0.4, -0.2) is 28.6 Å². The van der Waals surface area contributed by atoms with Gasteiger partial charge < -0.3 is 0 Å². The second kappa shape index (κ2) is 6.55. The molecule has 0 atom stereocenters. The average Bonchev–Trinajstić information content (AvgIpc) is 2.57. The summed E-state index contributed by atoms with van der Waals surface area (Å²) in [6.07, 6.45) is 2.64. The Morgan fingerprint density at radius 2 is 1.96 bits per heavy atom. The number of aromatic nitrogens is 2. The molecule has 2 aromatic rings. The number of nitrogens with zero attached hydrogens (tertiary/aromatic N) is 3. The number of hydrogen-bond acceptors (Lipinski definition) is 4. The van der Waals surface area contributed by atoms with Gasteiger partial charge in [-0.3, -0.25) is 14.4 Å². The predicted molar refractivity (Wildman–Crippen MR) is 101 cm³/mol. The molecule has 1 aliphatic heterocycles. The number of thioether (sulfide) groups is 1. The summed E-state index contributed by atoms with van der Waals surface area (Å²) in [5.74, 6) is 1.01. The molecule has 24 heavy (non-hydrogen) atoms. The zero-order valence-electron chi connectivity index (χ0n) is 14.7. The normalized spacial score (nSPS) is 14.8. The van der Waals surface area contributed by atoms with Crippen molar-refractivity contribution in [2.75, 3.05) is 12.8 Å². The first-order valence-corrected chi connectivity index (χ1v) is 9.21. The number of benzene rings is 1. The molecule has 0 bridgehead atoms. The van der Waals surface area contributed by atoms with E-state index in [9.17, 15) is 4.79 Å². The summed E-state index contributed by atoms with van der Waals surface area (Å²) in [6, 6.07) is 8.35. The van der Waals surface area contributed by atoms with Crippen LogP contribution in [0, 0.1) is 0 Å². The van der Waals surface area contributed by atoms with E-state index < -0.39 is 0 Å². The highest BCUT2D eigenvalue weighted by molar-refractivity contribution is 7.99. The van der Waals surface area contributed by atoms with Gasteiger partial charge >= 0.3 is 0 Å². The van der Waals surface area contributed by atoms with Crippen molar-refractivity contribution in [2.24, 2.45) is 4.99 Å². The first-order chi connectivity index (χ1) is 11.4. The third kappa shape index (κ3) is 3.18. The van der Waals surface area contributed by atoms with Crippen LogP contribution in [0.2, 0.25) is 0 Å². The second-order valence-corrected chi connectivity index (χ2v) is 8.09. The van der Waals surface area contributed by atoms with Crippen LogP contribution < -0.4 is 5.56 Å². The van der Waals surface area contributed by atoms with E-state index in [1.54, 1.807) is 29.6 Å². The topological polar surface area (TPSA) is 47.2 Å². The maximum Gasteiger partial charge on any atom is 0.263 e. The summed E-state index contributed by atoms with van der Waals surface area (Å²) in [6.45, 7) is 7.31. The van der Waals surface area contributed by atoms with Crippen LogP contribution in [0.4, 0.5) is 0 Å². The summed E-state index contributed by atoms with van der Waals surface area (Å²) in [5, 5.41) is 0.814. The van der Waals surface area contributed by atoms with Crippen molar-refractivity contribution in [2.45, 2.75) is 44.3 Å². The van der Waals surface area contributed by atoms with Crippen LogP contribution in [0.1, 0.15) is 38.3 Å². The van der Waals surface area contributed by atoms with Crippen LogP contribution >= 0.6 is 11.8 Å². The minimum atomic E-state index is 0.00713. The lowest BCUT2D eigenvalue weighted by atomic mass is 9.86. The molecule has 0 saturated heterocycles. The van der Waals surface area contributed by atoms with Crippen LogP contribution in [0.25, 0.3) is 11.3 Å². The Hall–Kier alpha value is -1.88. The van der Waals surface area contributed by atoms with Crippen molar-refractivity contribution in [3.63, 3.8) is 0 Å². The van der Waals surface area contributed by atoms with Gasteiger partial charge in [0.05, 0.1) is 11.3 Å². The monoisotopic (exact) mass is 341 g/mol. The van der Waals surface area contributed by atoms with Crippen molar-refractivity contribution in [3.05, 3.63) is 45.7 Å². The molecule has 1 aromatic heterocycles. The molecule has 3 rings (SSSR count). The first kappa shape index (κ1) is 17.0. The van der Waals surface area contributed by atoms with Gasteiger partial charge in [-0.15, -0.1) is 0 Å². The van der Waals surface area contributed by atoms with Gasteiger partial charge in [-0.25, -0.2) is 4.98 Å². The van der Waals surface area contributed by atoms with Gasteiger partial charge in [0.2, 0.25) is 0 Å². The number of rotatable bonds is 2. The number of aliphatic imine (C=N–C) groups is 1. The van der Waals surface area contributed by atoms with E-state index >= 15 is 0 Å². The smallest absolute Gasteiger partial charge is 0.263 e. The fourth-order valence-corrected chi connectivity index (χ4v) is 3.78. The first-order valence-electron chi connectivity index (χ1n) is 8.22. The molecule has 4 nitrogen and oxygen atoms in total. The zero-order chi connectivity index (χ0) is 17.3. The molecule has 1 aliphatic rings. The van der Waals surface area contributed by atoms with E-state index in [0.717, 1.165) is 35.1 Å². The van der Waals surface area contributed by atoms with Crippen molar-refractivity contribution in [1.82, 2.24) is 9.55 Å². The summed E-state index contributed by atoms with van der Waals surface area (Å²) >= 11 is 1.65. The van der Waals surface area contributed by atoms with Crippen LogP contribution in [0.5, 0.6) is 0 Å². The van der Waals surface area contributed by atoms with E-state index in [1.165, 1.54) is 5.56 Å². The molecule has 0 aliphatic carbocycles. The van der Waals surface area contributed by atoms with Crippen LogP contribution in [0.3, 0.4) is 0 Å². The summed E-state index contributed by atoms with van der Waals surface area (Å²) in [4.78, 5) is 21.7. The van der Waals surface area contributed by atoms with Crippen LogP contribution in [0.15, 0.2) is 39.2 Å². The largest absolute Gasteiger partial charge is 0.296 e. The SMILES string of the molecule is CN=Cc1c(-c2ccc(C(C)(C)C)cc2)nc2n(c1=O)CCCS2. The van der Waals surface area contributed by atoms with Crippen LogP contribution in [-0.2, 0) is 12.0 Å². The molecule has 0 N–H and O–H groups in total. The molecule has 2 heterocycles. The van der Waals surface area contributed by atoms with Gasteiger partial charge in [-0.2, -0.15) is 0 Å². The lowest BCUT2D eigenvalue weighted by Gasteiger charge is -2.20. The fourth-order valence-electron chi connectivity index (χ4n) is 2.84. The number of fused-ring (bicyclic) bond motifs is 1. The standard InChI is InChI=1S/C19H23N3OS/c1-19(2,3)14-8-6-13(7-9-14)16-15(12-20-4)17(23)22-10-5-11-24-18(22)21-16/h6-9,12H,5,10-11H2,1-4H3. The summed E-state index contributed by atoms with van der Waals surface area (Å²) in [7, 11) is 1.69. The maximum absolute atomic E-state index is 12.8. The highest BCUT2D eigenvalue weighted by atomic mass is 32.2. The fraction of sp³-hybridized carbons (Fsp3) is 0.421. The third-order valence-corrected chi connectivity index (χ3v) is 5.27. The van der Waals surface area contributed by atoms with Gasteiger partial charge in [0.25, 0.3) is 5.56 Å². The molecular weight excluding hydrogens is 318 g/mol. The Morgan fingerprint density at radius 3 is 2.58 bits per heavy atom. The molecule has 5 heteroatoms. The Balaban J connectivity index is 2.16. The number of hydrogen-bond donors (Lipinski definition) is 0. The second-order valence-electron chi connectivity index (χ2n) is 7.03. The summed E-state index contributed by atoms with van der Waals surface area (Å²) in [5.41, 5.74) is 3.64. The minimum absolute atomic E-state index is 0.00713. The summed E-state index contributed by atoms with van der Waals surface area (Å²) < 4.78 is 1.78. The lowest BCUT2D eigenvalue weighted by molar-refractivity contribution is 0.563. The molecule has 1 aromatic carbocycles. The average molecular weight is 341 g/mol. The molecule has 0 spiro atoms. The Kier molecular flexibility index (Phi) is 4.63. The van der Waals surface area contributed by atoms with E-state index in [-0.39, 0.29) is 11.0 Å². The van der Waals surface area contributed by atoms with E-state index in [0.29, 0.717) is 5.56 Å². The molecule has 0 amide bonds. The van der Waals surface area contributed by atoms with E-state index in [4.69, 9.17) is 4.98 Å². The van der Waals surface area contributed by atoms with Crippen molar-refractivity contribution < 1.29 is 0 Å². The maximum atomic E-state index is 12.8. The predicted octanol–water partition coefficient (Wildman–Crippen LogP) is 3.75. The lowest BCUT2D eigenvalue weighted by Crippen LogP contribution is -2.29. The molecule has 0 unspecified atom stereocenters. The van der Waals surface area contributed by atoms with E-state index in [2.05, 4.69) is 50.0 Å². The van der Waals surface area contributed by atoms with Crippen molar-refractivity contribution in [3.8, 4) is 11.3 Å². The van der Waals surface area contributed by atoms with Gasteiger partial charge in [0.1, 0.15) is 0 Å². The quantitative estimate of drug-likeness (QED) is 0.617. The Labute approximate surface area is 147 Å². The van der Waals surface area contributed by atoms with E-state index in [1.807, 2.05) is 0 Å². The molecule has 0 fully saturated rings. The Bertz CT molecular complexity index is 829. The molecule has 126 valence electrons. The zero-order valence-corrected chi connectivity index (χ0v) is 15.5. The molecular formula is C19H23N3OS. The third-order valence-electron chi connectivity index (χ3n) is 4.21. The highest BCUT2D eigenvalue weighted by Crippen LogP contribution is 2.28. The molecule has 0 saturated carbocycles. The highest BCUT2D eigenvalue weighted by Gasteiger charge is 2.20. The van der Waals surface area contributed by atoms with Gasteiger partial charge in [-0.1, -0.05) is 56.8 Å². The Morgan fingerprint density at radius 1 is 1.25 bits per heavy atom. The van der Waals surface area contributed by atoms with Gasteiger partial charge in [0.15, 0.2) is 5.16 Å². The van der Waals surface area contributed by atoms with Crippen molar-refractivity contribution in [1.29, 1.82) is 0 Å². The van der Waals surface area contributed by atoms with Crippen molar-refractivity contribution >= 4 is 18.0 Å². The van der Waals surface area contributed by atoms with Gasteiger partial charge in [0, 0.05) is 31.1 Å².